The first-order valence-corrected chi connectivity index (χ1v) is 7.36. The monoisotopic (exact) mass is 329 g/mol. The molecule has 0 saturated heterocycles. The minimum absolute atomic E-state index is 0.251. The van der Waals surface area contributed by atoms with E-state index < -0.39 is 0 Å². The van der Waals surface area contributed by atoms with Crippen LogP contribution in [0.4, 0.5) is 0 Å². The maximum atomic E-state index is 6.33. The Labute approximate surface area is 126 Å². The fourth-order valence-electron chi connectivity index (χ4n) is 2.35. The number of hydrogen-bond acceptors (Lipinski definition) is 2. The van der Waals surface area contributed by atoms with Crippen LogP contribution < -0.4 is 5.73 Å². The molecule has 2 nitrogen and oxygen atoms in total. The van der Waals surface area contributed by atoms with E-state index in [1.165, 1.54) is 5.56 Å². The van der Waals surface area contributed by atoms with Crippen molar-refractivity contribution in [1.29, 1.82) is 0 Å². The molecule has 0 bridgehead atoms. The summed E-state index contributed by atoms with van der Waals surface area (Å²) in [5.74, 6) is 0.796. The highest BCUT2D eigenvalue weighted by Crippen LogP contribution is 2.30. The van der Waals surface area contributed by atoms with Crippen molar-refractivity contribution in [3.05, 3.63) is 69.4 Å². The van der Waals surface area contributed by atoms with Gasteiger partial charge in [0.1, 0.15) is 11.3 Å². The molecule has 0 amide bonds. The molecule has 3 heteroatoms. The number of benzene rings is 2. The Kier molecular flexibility index (Phi) is 3.40. The second kappa shape index (κ2) is 5.08. The van der Waals surface area contributed by atoms with E-state index in [1.54, 1.807) is 0 Å². The molecule has 20 heavy (non-hydrogen) atoms. The zero-order valence-electron chi connectivity index (χ0n) is 11.5. The van der Waals surface area contributed by atoms with Gasteiger partial charge in [0.2, 0.25) is 0 Å². The maximum absolute atomic E-state index is 6.33. The smallest absolute Gasteiger partial charge is 0.137 e. The molecule has 0 fully saturated rings. The number of halogens is 1. The van der Waals surface area contributed by atoms with Crippen molar-refractivity contribution in [2.24, 2.45) is 5.73 Å². The molecule has 0 radical (unpaired) electrons. The molecule has 0 aliphatic heterocycles. The van der Waals surface area contributed by atoms with E-state index in [9.17, 15) is 0 Å². The van der Waals surface area contributed by atoms with Gasteiger partial charge in [-0.15, -0.1) is 0 Å². The Morgan fingerprint density at radius 2 is 1.85 bits per heavy atom. The average Bonchev–Trinajstić information content (AvgIpc) is 2.86. The van der Waals surface area contributed by atoms with Crippen molar-refractivity contribution in [2.45, 2.75) is 19.9 Å². The van der Waals surface area contributed by atoms with Crippen molar-refractivity contribution in [2.75, 3.05) is 0 Å². The highest BCUT2D eigenvalue weighted by molar-refractivity contribution is 9.10. The molecule has 1 heterocycles. The molecule has 1 unspecified atom stereocenters. The molecule has 3 aromatic rings. The standard InChI is InChI=1S/C17H16BrNO/c1-10-6-7-12(8-14(10)18)16(19)15-9-13-5-3-4-11(2)17(13)20-15/h3-9,16H,19H2,1-2H3. The lowest BCUT2D eigenvalue weighted by atomic mass is 10.0. The summed E-state index contributed by atoms with van der Waals surface area (Å²) >= 11 is 3.55. The number of para-hydroxylation sites is 1. The van der Waals surface area contributed by atoms with Gasteiger partial charge in [0.05, 0.1) is 6.04 Å². The number of nitrogens with two attached hydrogens (primary N) is 1. The molecule has 102 valence electrons. The maximum Gasteiger partial charge on any atom is 0.137 e. The molecule has 1 aromatic heterocycles. The molecule has 2 N–H and O–H groups in total. The zero-order valence-corrected chi connectivity index (χ0v) is 13.1. The summed E-state index contributed by atoms with van der Waals surface area (Å²) in [6.45, 7) is 4.10. The van der Waals surface area contributed by atoms with Crippen LogP contribution in [0.25, 0.3) is 11.0 Å². The fraction of sp³-hybridized carbons (Fsp3) is 0.176. The Morgan fingerprint density at radius 3 is 2.55 bits per heavy atom. The van der Waals surface area contributed by atoms with Crippen LogP contribution in [0, 0.1) is 13.8 Å². The summed E-state index contributed by atoms with van der Waals surface area (Å²) in [6, 6.07) is 14.1. The number of rotatable bonds is 2. The van der Waals surface area contributed by atoms with Gasteiger partial charge in [-0.1, -0.05) is 46.3 Å². The second-order valence-corrected chi connectivity index (χ2v) is 5.98. The average molecular weight is 330 g/mol. The summed E-state index contributed by atoms with van der Waals surface area (Å²) in [7, 11) is 0. The van der Waals surface area contributed by atoms with Crippen LogP contribution in [-0.4, -0.2) is 0 Å². The van der Waals surface area contributed by atoms with Gasteiger partial charge >= 0.3 is 0 Å². The van der Waals surface area contributed by atoms with Gasteiger partial charge < -0.3 is 10.2 Å². The van der Waals surface area contributed by atoms with Gasteiger partial charge in [-0.3, -0.25) is 0 Å². The first-order chi connectivity index (χ1) is 9.56. The van der Waals surface area contributed by atoms with Crippen molar-refractivity contribution in [3.63, 3.8) is 0 Å². The van der Waals surface area contributed by atoms with Crippen LogP contribution >= 0.6 is 15.9 Å². The third-order valence-corrected chi connectivity index (χ3v) is 4.48. The van der Waals surface area contributed by atoms with E-state index in [2.05, 4.69) is 35.0 Å². The third kappa shape index (κ3) is 2.28. The van der Waals surface area contributed by atoms with Gasteiger partial charge in [0.15, 0.2) is 0 Å². The third-order valence-electron chi connectivity index (χ3n) is 3.62. The van der Waals surface area contributed by atoms with Gasteiger partial charge in [-0.2, -0.15) is 0 Å². The lowest BCUT2D eigenvalue weighted by Crippen LogP contribution is -2.10. The molecular weight excluding hydrogens is 314 g/mol. The first-order valence-electron chi connectivity index (χ1n) is 6.57. The van der Waals surface area contributed by atoms with Gasteiger partial charge in [-0.05, 0) is 42.7 Å². The number of hydrogen-bond donors (Lipinski definition) is 1. The van der Waals surface area contributed by atoms with Gasteiger partial charge in [-0.25, -0.2) is 0 Å². The summed E-state index contributed by atoms with van der Waals surface area (Å²) < 4.78 is 7.01. The summed E-state index contributed by atoms with van der Waals surface area (Å²) in [5, 5.41) is 1.10. The molecule has 0 spiro atoms. The van der Waals surface area contributed by atoms with E-state index in [-0.39, 0.29) is 6.04 Å². The normalized spacial score (nSPS) is 12.8. The minimum Gasteiger partial charge on any atom is -0.459 e. The Bertz CT molecular complexity index is 776. The SMILES string of the molecule is Cc1ccc(C(N)c2cc3cccc(C)c3o2)cc1Br. The lowest BCUT2D eigenvalue weighted by Gasteiger charge is -2.10. The van der Waals surface area contributed by atoms with Crippen molar-refractivity contribution in [3.8, 4) is 0 Å². The van der Waals surface area contributed by atoms with Crippen LogP contribution in [-0.2, 0) is 0 Å². The number of furan rings is 1. The number of aryl methyl sites for hydroxylation is 2. The quantitative estimate of drug-likeness (QED) is 0.729. The topological polar surface area (TPSA) is 39.2 Å². The lowest BCUT2D eigenvalue weighted by molar-refractivity contribution is 0.523. The highest BCUT2D eigenvalue weighted by Gasteiger charge is 2.15. The molecule has 2 aromatic carbocycles. The van der Waals surface area contributed by atoms with Gasteiger partial charge in [0, 0.05) is 9.86 Å². The van der Waals surface area contributed by atoms with E-state index >= 15 is 0 Å². The Balaban J connectivity index is 2.05. The van der Waals surface area contributed by atoms with Crippen molar-refractivity contribution < 1.29 is 4.42 Å². The van der Waals surface area contributed by atoms with Crippen LogP contribution in [0.1, 0.15) is 28.5 Å². The summed E-state index contributed by atoms with van der Waals surface area (Å²) in [4.78, 5) is 0. The Morgan fingerprint density at radius 1 is 1.05 bits per heavy atom. The predicted octanol–water partition coefficient (Wildman–Crippen LogP) is 4.86. The highest BCUT2D eigenvalue weighted by atomic mass is 79.9. The second-order valence-electron chi connectivity index (χ2n) is 5.13. The van der Waals surface area contributed by atoms with Crippen LogP contribution in [0.3, 0.4) is 0 Å². The van der Waals surface area contributed by atoms with E-state index in [1.807, 2.05) is 37.3 Å². The van der Waals surface area contributed by atoms with E-state index in [4.69, 9.17) is 10.2 Å². The van der Waals surface area contributed by atoms with Crippen LogP contribution in [0.5, 0.6) is 0 Å². The van der Waals surface area contributed by atoms with Crippen LogP contribution in [0.2, 0.25) is 0 Å². The Hall–Kier alpha value is -1.58. The summed E-state index contributed by atoms with van der Waals surface area (Å²) in [6.07, 6.45) is 0. The van der Waals surface area contributed by atoms with Gasteiger partial charge in [0.25, 0.3) is 0 Å². The molecule has 1 atom stereocenters. The fourth-order valence-corrected chi connectivity index (χ4v) is 2.75. The van der Waals surface area contributed by atoms with E-state index in [0.717, 1.165) is 32.3 Å². The molecule has 0 aliphatic rings. The number of fused-ring (bicyclic) bond motifs is 1. The molecule has 3 rings (SSSR count). The molecule has 0 aliphatic carbocycles. The largest absolute Gasteiger partial charge is 0.459 e. The van der Waals surface area contributed by atoms with Crippen molar-refractivity contribution in [1.82, 2.24) is 0 Å². The molecule has 0 saturated carbocycles. The zero-order chi connectivity index (χ0) is 14.3. The summed E-state index contributed by atoms with van der Waals surface area (Å²) in [5.41, 5.74) is 10.6. The first kappa shape index (κ1) is 13.4. The van der Waals surface area contributed by atoms with Crippen LogP contribution in [0.15, 0.2) is 51.4 Å². The van der Waals surface area contributed by atoms with Crippen molar-refractivity contribution >= 4 is 26.9 Å². The minimum atomic E-state index is -0.251. The molecular formula is C17H16BrNO. The van der Waals surface area contributed by atoms with E-state index in [0.29, 0.717) is 0 Å². The predicted molar refractivity (Wildman–Crippen MR) is 85.9 cm³/mol.